The summed E-state index contributed by atoms with van der Waals surface area (Å²) in [5.41, 5.74) is 7.23. The summed E-state index contributed by atoms with van der Waals surface area (Å²) in [6.07, 6.45) is 6.65. The molecule has 0 radical (unpaired) electrons. The Balaban J connectivity index is 1.90. The molecule has 1 aliphatic rings. The lowest BCUT2D eigenvalue weighted by atomic mass is 9.97. The van der Waals surface area contributed by atoms with Crippen LogP contribution in [0, 0.1) is 13.8 Å². The molecule has 1 fully saturated rings. The van der Waals surface area contributed by atoms with E-state index >= 15 is 0 Å². The zero-order valence-electron chi connectivity index (χ0n) is 12.1. The van der Waals surface area contributed by atoms with Crippen LogP contribution < -0.4 is 11.3 Å². The van der Waals surface area contributed by atoms with Crippen molar-refractivity contribution in [3.8, 4) is 0 Å². The number of nitrogens with two attached hydrogens (primary N) is 1. The summed E-state index contributed by atoms with van der Waals surface area (Å²) in [5.74, 6) is 6.86. The molecule has 19 heavy (non-hydrogen) atoms. The summed E-state index contributed by atoms with van der Waals surface area (Å²) in [7, 11) is 0. The molecule has 0 aromatic heterocycles. The standard InChI is InChI=1S/C16H26N2S/c1-12-6-5-7-13(2)16(12)10-14(18-17)11-19-15-8-3-4-9-15/h5-7,14-15,18H,3-4,8-11,17H2,1-2H3. The van der Waals surface area contributed by atoms with Crippen molar-refractivity contribution in [1.29, 1.82) is 0 Å². The Bertz CT molecular complexity index is 379. The van der Waals surface area contributed by atoms with Crippen LogP contribution in [0.1, 0.15) is 42.4 Å². The second-order valence-electron chi connectivity index (χ2n) is 5.68. The summed E-state index contributed by atoms with van der Waals surface area (Å²) in [6, 6.07) is 6.90. The van der Waals surface area contributed by atoms with Crippen molar-refractivity contribution in [1.82, 2.24) is 5.43 Å². The van der Waals surface area contributed by atoms with E-state index in [0.717, 1.165) is 17.4 Å². The lowest BCUT2D eigenvalue weighted by Gasteiger charge is -2.20. The highest BCUT2D eigenvalue weighted by Crippen LogP contribution is 2.30. The Morgan fingerprint density at radius 3 is 2.47 bits per heavy atom. The van der Waals surface area contributed by atoms with Crippen LogP contribution in [0.3, 0.4) is 0 Å². The first-order valence-electron chi connectivity index (χ1n) is 7.33. The smallest absolute Gasteiger partial charge is 0.0341 e. The first kappa shape index (κ1) is 14.9. The van der Waals surface area contributed by atoms with Gasteiger partial charge in [-0.3, -0.25) is 11.3 Å². The summed E-state index contributed by atoms with van der Waals surface area (Å²) in [5, 5.41) is 0.869. The van der Waals surface area contributed by atoms with Crippen LogP contribution in [0.4, 0.5) is 0 Å². The summed E-state index contributed by atoms with van der Waals surface area (Å²) in [6.45, 7) is 4.39. The van der Waals surface area contributed by atoms with Crippen molar-refractivity contribution in [3.05, 3.63) is 34.9 Å². The number of hydrogen-bond acceptors (Lipinski definition) is 3. The molecule has 0 saturated heterocycles. The van der Waals surface area contributed by atoms with E-state index in [-0.39, 0.29) is 0 Å². The highest BCUT2D eigenvalue weighted by atomic mass is 32.2. The summed E-state index contributed by atoms with van der Waals surface area (Å²) < 4.78 is 0. The van der Waals surface area contributed by atoms with Crippen molar-refractivity contribution in [2.75, 3.05) is 5.75 Å². The average molecular weight is 278 g/mol. The van der Waals surface area contributed by atoms with E-state index in [9.17, 15) is 0 Å². The van der Waals surface area contributed by atoms with Gasteiger partial charge in [0.05, 0.1) is 0 Å². The van der Waals surface area contributed by atoms with Gasteiger partial charge in [0.2, 0.25) is 0 Å². The summed E-state index contributed by atoms with van der Waals surface area (Å²) >= 11 is 2.11. The zero-order chi connectivity index (χ0) is 13.7. The molecule has 1 aromatic carbocycles. The molecule has 3 heteroatoms. The van der Waals surface area contributed by atoms with Gasteiger partial charge < -0.3 is 0 Å². The second-order valence-corrected chi connectivity index (χ2v) is 7.01. The van der Waals surface area contributed by atoms with Gasteiger partial charge in [-0.1, -0.05) is 31.0 Å². The van der Waals surface area contributed by atoms with Crippen LogP contribution >= 0.6 is 11.8 Å². The summed E-state index contributed by atoms with van der Waals surface area (Å²) in [4.78, 5) is 0. The molecule has 2 rings (SSSR count). The van der Waals surface area contributed by atoms with E-state index in [4.69, 9.17) is 5.84 Å². The highest BCUT2D eigenvalue weighted by molar-refractivity contribution is 7.99. The highest BCUT2D eigenvalue weighted by Gasteiger charge is 2.18. The number of aryl methyl sites for hydroxylation is 2. The molecule has 0 amide bonds. The van der Waals surface area contributed by atoms with Crippen LogP contribution in [-0.2, 0) is 6.42 Å². The van der Waals surface area contributed by atoms with Crippen molar-refractivity contribution in [2.45, 2.75) is 57.2 Å². The predicted octanol–water partition coefficient (Wildman–Crippen LogP) is 3.35. The molecule has 0 bridgehead atoms. The minimum atomic E-state index is 0.380. The first-order valence-corrected chi connectivity index (χ1v) is 8.38. The minimum Gasteiger partial charge on any atom is -0.271 e. The fourth-order valence-electron chi connectivity index (χ4n) is 2.89. The molecule has 0 aliphatic heterocycles. The average Bonchev–Trinajstić information content (AvgIpc) is 2.91. The van der Waals surface area contributed by atoms with E-state index in [1.807, 2.05) is 0 Å². The van der Waals surface area contributed by atoms with Crippen LogP contribution in [0.5, 0.6) is 0 Å². The van der Waals surface area contributed by atoms with Gasteiger partial charge in [-0.15, -0.1) is 0 Å². The third-order valence-electron chi connectivity index (χ3n) is 4.17. The number of benzene rings is 1. The lowest BCUT2D eigenvalue weighted by molar-refractivity contribution is 0.572. The molecule has 1 aromatic rings. The Hall–Kier alpha value is -0.510. The molecule has 0 spiro atoms. The SMILES string of the molecule is Cc1cccc(C)c1CC(CSC1CCCC1)NN. The molecule has 1 saturated carbocycles. The molecular weight excluding hydrogens is 252 g/mol. The van der Waals surface area contributed by atoms with Crippen LogP contribution in [0.25, 0.3) is 0 Å². The minimum absolute atomic E-state index is 0.380. The van der Waals surface area contributed by atoms with Crippen molar-refractivity contribution >= 4 is 11.8 Å². The third kappa shape index (κ3) is 4.23. The van der Waals surface area contributed by atoms with Crippen LogP contribution in [0.15, 0.2) is 18.2 Å². The van der Waals surface area contributed by atoms with Gasteiger partial charge in [-0.25, -0.2) is 0 Å². The molecule has 1 aliphatic carbocycles. The van der Waals surface area contributed by atoms with Gasteiger partial charge in [0, 0.05) is 17.0 Å². The maximum absolute atomic E-state index is 5.74. The molecule has 1 atom stereocenters. The molecule has 0 heterocycles. The fourth-order valence-corrected chi connectivity index (χ4v) is 4.28. The van der Waals surface area contributed by atoms with Crippen LogP contribution in [-0.4, -0.2) is 17.0 Å². The number of rotatable bonds is 6. The molecule has 1 unspecified atom stereocenters. The Morgan fingerprint density at radius 1 is 1.26 bits per heavy atom. The number of nitrogens with one attached hydrogen (secondary N) is 1. The predicted molar refractivity (Wildman–Crippen MR) is 85.4 cm³/mol. The molecule has 3 N–H and O–H groups in total. The van der Waals surface area contributed by atoms with Gasteiger partial charge in [0.15, 0.2) is 0 Å². The normalized spacial score (nSPS) is 17.8. The van der Waals surface area contributed by atoms with Gasteiger partial charge in [0.25, 0.3) is 0 Å². The Morgan fingerprint density at radius 2 is 1.89 bits per heavy atom. The molecule has 106 valence electrons. The largest absolute Gasteiger partial charge is 0.271 e. The van der Waals surface area contributed by atoms with Crippen LogP contribution in [0.2, 0.25) is 0 Å². The quantitative estimate of drug-likeness (QED) is 0.619. The van der Waals surface area contributed by atoms with Crippen molar-refractivity contribution in [3.63, 3.8) is 0 Å². The van der Waals surface area contributed by atoms with E-state index in [0.29, 0.717) is 6.04 Å². The molecule has 2 nitrogen and oxygen atoms in total. The fraction of sp³-hybridized carbons (Fsp3) is 0.625. The van der Waals surface area contributed by atoms with Gasteiger partial charge in [0.1, 0.15) is 0 Å². The lowest BCUT2D eigenvalue weighted by Crippen LogP contribution is -2.39. The Labute approximate surface area is 121 Å². The number of hydrogen-bond donors (Lipinski definition) is 2. The van der Waals surface area contributed by atoms with E-state index in [1.54, 1.807) is 0 Å². The zero-order valence-corrected chi connectivity index (χ0v) is 12.9. The van der Waals surface area contributed by atoms with E-state index in [2.05, 4.69) is 49.2 Å². The van der Waals surface area contributed by atoms with Gasteiger partial charge in [-0.2, -0.15) is 11.8 Å². The van der Waals surface area contributed by atoms with Crippen molar-refractivity contribution < 1.29 is 0 Å². The number of thioether (sulfide) groups is 1. The Kier molecular flexibility index (Phi) is 5.74. The topological polar surface area (TPSA) is 38.0 Å². The monoisotopic (exact) mass is 278 g/mol. The first-order chi connectivity index (χ1) is 9.20. The third-order valence-corrected chi connectivity index (χ3v) is 5.70. The van der Waals surface area contributed by atoms with E-state index < -0.39 is 0 Å². The van der Waals surface area contributed by atoms with Gasteiger partial charge >= 0.3 is 0 Å². The van der Waals surface area contributed by atoms with Crippen molar-refractivity contribution in [2.24, 2.45) is 5.84 Å². The maximum Gasteiger partial charge on any atom is 0.0341 e. The number of hydrazine groups is 1. The maximum atomic E-state index is 5.74. The van der Waals surface area contributed by atoms with E-state index in [1.165, 1.54) is 42.4 Å². The van der Waals surface area contributed by atoms with Gasteiger partial charge in [-0.05, 0) is 49.8 Å². The molecular formula is C16H26N2S. The second kappa shape index (κ2) is 7.32.